The van der Waals surface area contributed by atoms with Gasteiger partial charge in [-0.25, -0.2) is 0 Å². The van der Waals surface area contributed by atoms with E-state index in [1.54, 1.807) is 12.1 Å². The number of nitrogens with one attached hydrogen (secondary N) is 1. The van der Waals surface area contributed by atoms with Gasteiger partial charge < -0.3 is 5.32 Å². The maximum absolute atomic E-state index is 13.0. The Balaban J connectivity index is 2.60. The van der Waals surface area contributed by atoms with Crippen LogP contribution in [0.1, 0.15) is 51.5 Å². The highest BCUT2D eigenvalue weighted by atomic mass is 35.5. The van der Waals surface area contributed by atoms with E-state index < -0.39 is 5.92 Å². The Morgan fingerprint density at radius 1 is 1.08 bits per heavy atom. The van der Waals surface area contributed by atoms with E-state index in [4.69, 9.17) is 34.8 Å². The molecule has 1 atom stereocenters. The average Bonchev–Trinajstić information content (AvgIpc) is 2.56. The van der Waals surface area contributed by atoms with Crippen molar-refractivity contribution in [3.63, 3.8) is 0 Å². The van der Waals surface area contributed by atoms with Gasteiger partial charge in [-0.15, -0.1) is 11.6 Å². The Kier molecular flexibility index (Phi) is 7.33. The van der Waals surface area contributed by atoms with Crippen LogP contribution in [0.4, 0.5) is 0 Å². The summed E-state index contributed by atoms with van der Waals surface area (Å²) in [6.45, 7) is 5.18. The summed E-state index contributed by atoms with van der Waals surface area (Å²) in [4.78, 5) is 25.4. The Hall–Kier alpha value is -1.29. The molecule has 0 spiro atoms. The zero-order valence-electron chi connectivity index (χ0n) is 15.1. The molecule has 1 aliphatic heterocycles. The highest BCUT2D eigenvalue weighted by Gasteiger charge is 2.35. The molecular weight excluding hydrogens is 393 g/mol. The van der Waals surface area contributed by atoms with Crippen LogP contribution in [0.25, 0.3) is 0 Å². The molecule has 0 saturated heterocycles. The van der Waals surface area contributed by atoms with Crippen molar-refractivity contribution in [3.05, 3.63) is 56.3 Å². The number of halogens is 3. The summed E-state index contributed by atoms with van der Waals surface area (Å²) in [6, 6.07) is 5.29. The minimum Gasteiger partial charge on any atom is -0.362 e. The highest BCUT2D eigenvalue weighted by molar-refractivity contribution is 6.42. The van der Waals surface area contributed by atoms with Gasteiger partial charge in [-0.2, -0.15) is 0 Å². The van der Waals surface area contributed by atoms with E-state index in [1.807, 2.05) is 19.9 Å². The molecule has 1 aromatic carbocycles. The van der Waals surface area contributed by atoms with Crippen molar-refractivity contribution in [2.45, 2.75) is 46.0 Å². The Labute approximate surface area is 169 Å². The van der Waals surface area contributed by atoms with E-state index in [1.165, 1.54) is 6.92 Å². The lowest BCUT2D eigenvalue weighted by Crippen LogP contribution is -2.30. The molecule has 0 radical (unpaired) electrons. The minimum absolute atomic E-state index is 0.00703. The smallest absolute Gasteiger partial charge is 0.161 e. The maximum Gasteiger partial charge on any atom is 0.161 e. The van der Waals surface area contributed by atoms with Gasteiger partial charge in [0.1, 0.15) is 0 Å². The number of allylic oxidation sites excluding steroid dienone is 4. The number of carbonyl (C=O) groups excluding carboxylic acids is 2. The van der Waals surface area contributed by atoms with Crippen LogP contribution in [-0.4, -0.2) is 17.4 Å². The van der Waals surface area contributed by atoms with Gasteiger partial charge in [0.25, 0.3) is 0 Å². The second-order valence-electron chi connectivity index (χ2n) is 6.40. The number of rotatable bonds is 7. The molecule has 1 heterocycles. The van der Waals surface area contributed by atoms with Crippen LogP contribution in [0.2, 0.25) is 10.0 Å². The number of carbonyl (C=O) groups is 2. The first kappa shape index (κ1) is 21.0. The molecule has 0 saturated carbocycles. The highest BCUT2D eigenvalue weighted by Crippen LogP contribution is 2.43. The maximum atomic E-state index is 13.0. The molecule has 3 nitrogen and oxygen atoms in total. The molecule has 0 fully saturated rings. The SMILES string of the molecule is CC(=O)C1=C(C)NC(C)=C(C(=O)CCCCCl)C1c1cccc(Cl)c1Cl. The standard InChI is InChI=1S/C20H22Cl3NO2/c1-11-17(13(3)25)19(14-7-6-8-15(22)20(14)23)18(12(2)24-11)16(26)9-4-5-10-21/h6-8,19,24H,4-5,9-10H2,1-3H3. The fourth-order valence-electron chi connectivity index (χ4n) is 3.40. The lowest BCUT2D eigenvalue weighted by atomic mass is 9.77. The summed E-state index contributed by atoms with van der Waals surface area (Å²) in [5.41, 5.74) is 3.25. The Bertz CT molecular complexity index is 796. The van der Waals surface area contributed by atoms with Crippen LogP contribution in [0, 0.1) is 0 Å². The summed E-state index contributed by atoms with van der Waals surface area (Å²) >= 11 is 18.4. The van der Waals surface area contributed by atoms with E-state index in [9.17, 15) is 9.59 Å². The number of hydrogen-bond acceptors (Lipinski definition) is 3. The van der Waals surface area contributed by atoms with Crippen molar-refractivity contribution < 1.29 is 9.59 Å². The number of unbranched alkanes of at least 4 members (excludes halogenated alkanes) is 1. The van der Waals surface area contributed by atoms with Crippen molar-refractivity contribution in [1.82, 2.24) is 5.32 Å². The molecule has 0 bridgehead atoms. The van der Waals surface area contributed by atoms with E-state index in [0.29, 0.717) is 45.5 Å². The molecule has 140 valence electrons. The Morgan fingerprint density at radius 2 is 1.73 bits per heavy atom. The lowest BCUT2D eigenvalue weighted by molar-refractivity contribution is -0.116. The zero-order chi connectivity index (χ0) is 19.4. The molecule has 2 rings (SSSR count). The van der Waals surface area contributed by atoms with Crippen LogP contribution in [0.15, 0.2) is 40.7 Å². The molecule has 1 aromatic rings. The molecular formula is C20H22Cl3NO2. The molecule has 1 unspecified atom stereocenters. The van der Waals surface area contributed by atoms with Crippen molar-refractivity contribution >= 4 is 46.4 Å². The summed E-state index contributed by atoms with van der Waals surface area (Å²) in [6.07, 6.45) is 1.84. The van der Waals surface area contributed by atoms with Crippen molar-refractivity contribution in [2.75, 3.05) is 5.88 Å². The third-order valence-corrected chi connectivity index (χ3v) is 5.62. The second kappa shape index (κ2) is 9.07. The monoisotopic (exact) mass is 413 g/mol. The van der Waals surface area contributed by atoms with Crippen LogP contribution < -0.4 is 5.32 Å². The average molecular weight is 415 g/mol. The number of hydrogen-bond donors (Lipinski definition) is 1. The van der Waals surface area contributed by atoms with E-state index in [2.05, 4.69) is 5.32 Å². The van der Waals surface area contributed by atoms with Crippen LogP contribution >= 0.6 is 34.8 Å². The molecule has 0 aliphatic carbocycles. The molecule has 1 N–H and O–H groups in total. The van der Waals surface area contributed by atoms with Gasteiger partial charge in [-0.1, -0.05) is 35.3 Å². The number of benzene rings is 1. The first-order chi connectivity index (χ1) is 12.3. The van der Waals surface area contributed by atoms with Crippen LogP contribution in [0.3, 0.4) is 0 Å². The second-order valence-corrected chi connectivity index (χ2v) is 7.57. The first-order valence-electron chi connectivity index (χ1n) is 8.52. The van der Waals surface area contributed by atoms with Gasteiger partial charge in [-0.05, 0) is 45.2 Å². The van der Waals surface area contributed by atoms with Gasteiger partial charge in [0.05, 0.1) is 10.0 Å². The van der Waals surface area contributed by atoms with Crippen molar-refractivity contribution in [1.29, 1.82) is 0 Å². The van der Waals surface area contributed by atoms with E-state index >= 15 is 0 Å². The lowest BCUT2D eigenvalue weighted by Gasteiger charge is -2.31. The predicted molar refractivity (Wildman–Crippen MR) is 108 cm³/mol. The van der Waals surface area contributed by atoms with Gasteiger partial charge in [-0.3, -0.25) is 9.59 Å². The predicted octanol–water partition coefficient (Wildman–Crippen LogP) is 5.80. The normalized spacial score (nSPS) is 17.4. The topological polar surface area (TPSA) is 46.2 Å². The summed E-state index contributed by atoms with van der Waals surface area (Å²) in [5.74, 6) is -0.115. The van der Waals surface area contributed by atoms with Crippen molar-refractivity contribution in [2.24, 2.45) is 0 Å². The summed E-state index contributed by atoms with van der Waals surface area (Å²) in [7, 11) is 0. The first-order valence-corrected chi connectivity index (χ1v) is 9.81. The third kappa shape index (κ3) is 4.33. The van der Waals surface area contributed by atoms with Crippen LogP contribution in [-0.2, 0) is 9.59 Å². The Morgan fingerprint density at radius 3 is 2.35 bits per heavy atom. The zero-order valence-corrected chi connectivity index (χ0v) is 17.4. The third-order valence-electron chi connectivity index (χ3n) is 4.52. The molecule has 0 amide bonds. The van der Waals surface area contributed by atoms with Crippen LogP contribution in [0.5, 0.6) is 0 Å². The van der Waals surface area contributed by atoms with Crippen molar-refractivity contribution in [3.8, 4) is 0 Å². The number of Topliss-reactive ketones (excluding diaryl/α,β-unsaturated/α-hetero) is 2. The number of ketones is 2. The van der Waals surface area contributed by atoms with Gasteiger partial charge in [0.15, 0.2) is 11.6 Å². The minimum atomic E-state index is -0.525. The molecule has 26 heavy (non-hydrogen) atoms. The summed E-state index contributed by atoms with van der Waals surface area (Å²) in [5, 5.41) is 3.95. The number of dihydropyridines is 1. The van der Waals surface area contributed by atoms with Gasteiger partial charge >= 0.3 is 0 Å². The fraction of sp³-hybridized carbons (Fsp3) is 0.400. The van der Waals surface area contributed by atoms with Gasteiger partial charge in [0.2, 0.25) is 0 Å². The van der Waals surface area contributed by atoms with E-state index in [-0.39, 0.29) is 11.6 Å². The molecule has 0 aromatic heterocycles. The fourth-order valence-corrected chi connectivity index (χ4v) is 4.01. The summed E-state index contributed by atoms with van der Waals surface area (Å²) < 4.78 is 0. The quantitative estimate of drug-likeness (QED) is 0.453. The largest absolute Gasteiger partial charge is 0.362 e. The number of alkyl halides is 1. The molecule has 1 aliphatic rings. The molecule has 6 heteroatoms. The van der Waals surface area contributed by atoms with Gasteiger partial charge in [0, 0.05) is 40.8 Å². The van der Waals surface area contributed by atoms with E-state index in [0.717, 1.165) is 17.8 Å².